The Labute approximate surface area is 105 Å². The van der Waals surface area contributed by atoms with Crippen LogP contribution in [0.1, 0.15) is 5.56 Å². The first-order valence-electron chi connectivity index (χ1n) is 5.65. The van der Waals surface area contributed by atoms with E-state index in [0.717, 1.165) is 6.54 Å². The first-order valence-corrected chi connectivity index (χ1v) is 6.59. The molecule has 0 amide bonds. The van der Waals surface area contributed by atoms with E-state index in [-0.39, 0.29) is 0 Å². The third-order valence-electron chi connectivity index (χ3n) is 2.84. The fraction of sp³-hybridized carbons (Fsp3) is 0.0667. The largest absolute Gasteiger partial charge is 0.343 e. The lowest BCUT2D eigenvalue weighted by Crippen LogP contribution is -1.99. The maximum Gasteiger partial charge on any atom is 0.0491 e. The third kappa shape index (κ3) is 2.17. The van der Waals surface area contributed by atoms with Gasteiger partial charge in [0.05, 0.1) is 0 Å². The Morgan fingerprint density at radius 2 is 1.82 bits per heavy atom. The quantitative estimate of drug-likeness (QED) is 0.643. The van der Waals surface area contributed by atoms with Crippen LogP contribution in [-0.2, 0) is 6.54 Å². The van der Waals surface area contributed by atoms with Gasteiger partial charge in [0.2, 0.25) is 0 Å². The molecule has 0 spiro atoms. The Bertz CT molecular complexity index is 578. The van der Waals surface area contributed by atoms with Crippen molar-refractivity contribution in [3.63, 3.8) is 0 Å². The number of aromatic nitrogens is 1. The van der Waals surface area contributed by atoms with Crippen molar-refractivity contribution in [1.82, 2.24) is 4.57 Å². The SMILES string of the molecule is c1ccc(Cn2cccc2-c2ccsc2)cc1. The van der Waals surface area contributed by atoms with Crippen LogP contribution in [0.15, 0.2) is 65.5 Å². The summed E-state index contributed by atoms with van der Waals surface area (Å²) in [4.78, 5) is 0. The average Bonchev–Trinajstić information content (AvgIpc) is 3.00. The summed E-state index contributed by atoms with van der Waals surface area (Å²) in [6, 6.07) is 17.0. The molecule has 0 N–H and O–H groups in total. The molecule has 3 aromatic rings. The molecule has 0 unspecified atom stereocenters. The van der Waals surface area contributed by atoms with Crippen LogP contribution in [0.5, 0.6) is 0 Å². The van der Waals surface area contributed by atoms with E-state index >= 15 is 0 Å². The van der Waals surface area contributed by atoms with Gasteiger partial charge in [0.15, 0.2) is 0 Å². The maximum absolute atomic E-state index is 2.29. The molecule has 2 heterocycles. The second-order valence-electron chi connectivity index (χ2n) is 4.02. The molecule has 0 fully saturated rings. The summed E-state index contributed by atoms with van der Waals surface area (Å²) in [5, 5.41) is 4.31. The zero-order valence-electron chi connectivity index (χ0n) is 9.41. The van der Waals surface area contributed by atoms with E-state index in [1.165, 1.54) is 16.8 Å². The molecule has 2 heteroatoms. The van der Waals surface area contributed by atoms with E-state index in [1.54, 1.807) is 11.3 Å². The number of thiophene rings is 1. The highest BCUT2D eigenvalue weighted by Gasteiger charge is 2.04. The third-order valence-corrected chi connectivity index (χ3v) is 3.53. The second-order valence-corrected chi connectivity index (χ2v) is 4.80. The van der Waals surface area contributed by atoms with Gasteiger partial charge in [-0.25, -0.2) is 0 Å². The van der Waals surface area contributed by atoms with Crippen molar-refractivity contribution in [2.45, 2.75) is 6.54 Å². The van der Waals surface area contributed by atoms with Crippen LogP contribution in [0, 0.1) is 0 Å². The Morgan fingerprint density at radius 1 is 0.941 bits per heavy atom. The summed E-state index contributed by atoms with van der Waals surface area (Å²) < 4.78 is 2.29. The fourth-order valence-electron chi connectivity index (χ4n) is 2.00. The molecular formula is C15H13NS. The normalized spacial score (nSPS) is 10.6. The van der Waals surface area contributed by atoms with Crippen molar-refractivity contribution in [1.29, 1.82) is 0 Å². The van der Waals surface area contributed by atoms with E-state index < -0.39 is 0 Å². The Hall–Kier alpha value is -1.80. The summed E-state index contributed by atoms with van der Waals surface area (Å²) in [5.74, 6) is 0. The van der Waals surface area contributed by atoms with Crippen molar-refractivity contribution in [2.24, 2.45) is 0 Å². The van der Waals surface area contributed by atoms with Gasteiger partial charge in [0.1, 0.15) is 0 Å². The molecule has 0 saturated heterocycles. The lowest BCUT2D eigenvalue weighted by Gasteiger charge is -2.08. The molecule has 1 aromatic carbocycles. The Morgan fingerprint density at radius 3 is 2.59 bits per heavy atom. The van der Waals surface area contributed by atoms with Gasteiger partial charge in [-0.05, 0) is 29.1 Å². The highest BCUT2D eigenvalue weighted by atomic mass is 32.1. The zero-order chi connectivity index (χ0) is 11.5. The van der Waals surface area contributed by atoms with Crippen molar-refractivity contribution in [3.05, 3.63) is 71.1 Å². The van der Waals surface area contributed by atoms with E-state index in [2.05, 4.69) is 70.1 Å². The summed E-state index contributed by atoms with van der Waals surface area (Å²) in [5.41, 5.74) is 3.92. The molecule has 0 atom stereocenters. The number of rotatable bonds is 3. The topological polar surface area (TPSA) is 4.93 Å². The van der Waals surface area contributed by atoms with Gasteiger partial charge in [0, 0.05) is 29.4 Å². The minimum atomic E-state index is 0.930. The van der Waals surface area contributed by atoms with Gasteiger partial charge < -0.3 is 4.57 Å². The molecule has 84 valence electrons. The van der Waals surface area contributed by atoms with Crippen LogP contribution in [0.25, 0.3) is 11.3 Å². The van der Waals surface area contributed by atoms with Crippen molar-refractivity contribution >= 4 is 11.3 Å². The molecule has 3 rings (SSSR count). The molecule has 17 heavy (non-hydrogen) atoms. The first-order chi connectivity index (χ1) is 8.43. The molecule has 0 aliphatic rings. The molecule has 0 saturated carbocycles. The summed E-state index contributed by atoms with van der Waals surface area (Å²) in [6.07, 6.45) is 2.14. The lowest BCUT2D eigenvalue weighted by atomic mass is 10.2. The Kier molecular flexibility index (Phi) is 2.80. The van der Waals surface area contributed by atoms with Gasteiger partial charge >= 0.3 is 0 Å². The summed E-state index contributed by atoms with van der Waals surface area (Å²) in [6.45, 7) is 0.930. The molecule has 0 aliphatic heterocycles. The number of benzene rings is 1. The van der Waals surface area contributed by atoms with Crippen LogP contribution in [-0.4, -0.2) is 4.57 Å². The number of hydrogen-bond acceptors (Lipinski definition) is 1. The van der Waals surface area contributed by atoms with Crippen molar-refractivity contribution < 1.29 is 0 Å². The van der Waals surface area contributed by atoms with Gasteiger partial charge in [-0.15, -0.1) is 0 Å². The highest BCUT2D eigenvalue weighted by Crippen LogP contribution is 2.23. The lowest BCUT2D eigenvalue weighted by molar-refractivity contribution is 0.815. The van der Waals surface area contributed by atoms with E-state index in [4.69, 9.17) is 0 Å². The predicted octanol–water partition coefficient (Wildman–Crippen LogP) is 4.26. The van der Waals surface area contributed by atoms with E-state index in [0.29, 0.717) is 0 Å². The van der Waals surface area contributed by atoms with E-state index in [9.17, 15) is 0 Å². The molecule has 0 radical (unpaired) electrons. The minimum Gasteiger partial charge on any atom is -0.343 e. The van der Waals surface area contributed by atoms with Crippen LogP contribution in [0.2, 0.25) is 0 Å². The highest BCUT2D eigenvalue weighted by molar-refractivity contribution is 7.08. The molecule has 0 aliphatic carbocycles. The van der Waals surface area contributed by atoms with Gasteiger partial charge in [0.25, 0.3) is 0 Å². The van der Waals surface area contributed by atoms with Crippen LogP contribution in [0.4, 0.5) is 0 Å². The minimum absolute atomic E-state index is 0.930. The fourth-order valence-corrected chi connectivity index (χ4v) is 2.65. The predicted molar refractivity (Wildman–Crippen MR) is 73.3 cm³/mol. The van der Waals surface area contributed by atoms with Gasteiger partial charge in [-0.1, -0.05) is 30.3 Å². The average molecular weight is 239 g/mol. The molecule has 2 aromatic heterocycles. The summed E-state index contributed by atoms with van der Waals surface area (Å²) >= 11 is 1.74. The van der Waals surface area contributed by atoms with Crippen molar-refractivity contribution in [2.75, 3.05) is 0 Å². The first kappa shape index (κ1) is 10.4. The second kappa shape index (κ2) is 4.60. The molecular weight excluding hydrogens is 226 g/mol. The number of nitrogens with zero attached hydrogens (tertiary/aromatic N) is 1. The monoisotopic (exact) mass is 239 g/mol. The summed E-state index contributed by atoms with van der Waals surface area (Å²) in [7, 11) is 0. The van der Waals surface area contributed by atoms with Crippen molar-refractivity contribution in [3.8, 4) is 11.3 Å². The van der Waals surface area contributed by atoms with E-state index in [1.807, 2.05) is 0 Å². The van der Waals surface area contributed by atoms with Gasteiger partial charge in [-0.3, -0.25) is 0 Å². The molecule has 1 nitrogen and oxygen atoms in total. The zero-order valence-corrected chi connectivity index (χ0v) is 10.2. The van der Waals surface area contributed by atoms with Gasteiger partial charge in [-0.2, -0.15) is 11.3 Å². The standard InChI is InChI=1S/C15H13NS/c1-2-5-13(6-3-1)11-16-9-4-7-15(16)14-8-10-17-12-14/h1-10,12H,11H2. The van der Waals surface area contributed by atoms with Crippen LogP contribution < -0.4 is 0 Å². The smallest absolute Gasteiger partial charge is 0.0491 e. The molecule has 0 bridgehead atoms. The number of hydrogen-bond donors (Lipinski definition) is 0. The maximum atomic E-state index is 2.29. The Balaban J connectivity index is 1.92. The van der Waals surface area contributed by atoms with Crippen LogP contribution in [0.3, 0.4) is 0 Å². The van der Waals surface area contributed by atoms with Crippen LogP contribution >= 0.6 is 11.3 Å².